The molecule has 4 rings (SSSR count). The predicted octanol–water partition coefficient (Wildman–Crippen LogP) is 2.29. The highest BCUT2D eigenvalue weighted by Gasteiger charge is 2.25. The number of likely N-dealkylation sites (tertiary alicyclic amines) is 1. The second-order valence-corrected chi connectivity index (χ2v) is 8.52. The lowest BCUT2D eigenvalue weighted by Crippen LogP contribution is -2.40. The normalized spacial score (nSPS) is 17.5. The summed E-state index contributed by atoms with van der Waals surface area (Å²) >= 11 is 0. The number of hydrogen-bond acceptors (Lipinski definition) is 5. The molecule has 2 aliphatic rings. The summed E-state index contributed by atoms with van der Waals surface area (Å²) in [7, 11) is 1.68. The lowest BCUT2D eigenvalue weighted by molar-refractivity contribution is 0.0916. The number of aromatic nitrogens is 2. The molecule has 0 unspecified atom stereocenters. The Morgan fingerprint density at radius 3 is 2.81 bits per heavy atom. The maximum atomic E-state index is 12.8. The monoisotopic (exact) mass is 426 g/mol. The van der Waals surface area contributed by atoms with Gasteiger partial charge in [-0.1, -0.05) is 30.3 Å². The molecule has 3 heterocycles. The van der Waals surface area contributed by atoms with E-state index in [0.717, 1.165) is 43.2 Å². The van der Waals surface area contributed by atoms with E-state index in [9.17, 15) is 4.79 Å². The van der Waals surface area contributed by atoms with Crippen molar-refractivity contribution in [2.24, 2.45) is 5.92 Å². The maximum Gasteiger partial charge on any atom is 0.272 e. The van der Waals surface area contributed by atoms with Crippen molar-refractivity contribution in [2.45, 2.75) is 38.8 Å². The van der Waals surface area contributed by atoms with Crippen molar-refractivity contribution in [2.75, 3.05) is 46.5 Å². The van der Waals surface area contributed by atoms with Crippen molar-refractivity contribution < 1.29 is 14.3 Å². The van der Waals surface area contributed by atoms with Crippen molar-refractivity contribution in [1.82, 2.24) is 20.0 Å². The summed E-state index contributed by atoms with van der Waals surface area (Å²) in [6.45, 7) is 6.09. The largest absolute Gasteiger partial charge is 0.383 e. The lowest BCUT2D eigenvalue weighted by Gasteiger charge is -2.32. The van der Waals surface area contributed by atoms with Gasteiger partial charge in [0.25, 0.3) is 5.91 Å². The Kier molecular flexibility index (Phi) is 7.72. The Morgan fingerprint density at radius 1 is 1.23 bits per heavy atom. The molecule has 1 amide bonds. The van der Waals surface area contributed by atoms with Crippen LogP contribution in [0.25, 0.3) is 0 Å². The Morgan fingerprint density at radius 2 is 2.03 bits per heavy atom. The van der Waals surface area contributed by atoms with Crippen LogP contribution in [-0.4, -0.2) is 67.1 Å². The number of ether oxygens (including phenoxy) is 2. The van der Waals surface area contributed by atoms with Gasteiger partial charge in [0.15, 0.2) is 5.69 Å². The van der Waals surface area contributed by atoms with Crippen LogP contribution in [0.3, 0.4) is 0 Å². The summed E-state index contributed by atoms with van der Waals surface area (Å²) in [4.78, 5) is 15.3. The van der Waals surface area contributed by atoms with Crippen LogP contribution in [0.15, 0.2) is 30.3 Å². The fourth-order valence-electron chi connectivity index (χ4n) is 4.63. The molecule has 7 nitrogen and oxygen atoms in total. The molecule has 7 heteroatoms. The van der Waals surface area contributed by atoms with E-state index in [1.54, 1.807) is 7.11 Å². The molecule has 0 aliphatic carbocycles. The summed E-state index contributed by atoms with van der Waals surface area (Å²) in [6.07, 6.45) is 4.40. The van der Waals surface area contributed by atoms with Crippen molar-refractivity contribution in [3.8, 4) is 0 Å². The highest BCUT2D eigenvalue weighted by Crippen LogP contribution is 2.22. The molecule has 0 bridgehead atoms. The molecule has 0 spiro atoms. The van der Waals surface area contributed by atoms with Crippen LogP contribution in [-0.2, 0) is 35.5 Å². The number of fused-ring (bicyclic) bond motifs is 1. The minimum Gasteiger partial charge on any atom is -0.383 e. The van der Waals surface area contributed by atoms with E-state index in [-0.39, 0.29) is 5.91 Å². The number of methoxy groups -OCH3 is 1. The molecule has 0 radical (unpaired) electrons. The number of rotatable bonds is 9. The van der Waals surface area contributed by atoms with Crippen LogP contribution in [0.1, 0.15) is 40.2 Å². The third-order valence-electron chi connectivity index (χ3n) is 6.41. The third kappa shape index (κ3) is 5.73. The second kappa shape index (κ2) is 10.9. The molecule has 1 aromatic carbocycles. The SMILES string of the molecule is COCCn1nc(C(=O)NCCN2CCC(Cc3ccccc3)CC2)c2c1CCOC2. The van der Waals surface area contributed by atoms with E-state index in [4.69, 9.17) is 9.47 Å². The first-order chi connectivity index (χ1) is 15.2. The molecule has 0 atom stereocenters. The van der Waals surface area contributed by atoms with Crippen molar-refractivity contribution >= 4 is 5.91 Å². The molecule has 1 fully saturated rings. The van der Waals surface area contributed by atoms with Crippen LogP contribution in [0, 0.1) is 5.92 Å². The molecular formula is C24H34N4O3. The number of carbonyl (C=O) groups is 1. The number of nitrogens with zero attached hydrogens (tertiary/aromatic N) is 3. The van der Waals surface area contributed by atoms with Gasteiger partial charge >= 0.3 is 0 Å². The number of piperidine rings is 1. The number of hydrogen-bond donors (Lipinski definition) is 1. The van der Waals surface area contributed by atoms with Crippen LogP contribution in [0.5, 0.6) is 0 Å². The highest BCUT2D eigenvalue weighted by molar-refractivity contribution is 5.94. The molecule has 2 aliphatic heterocycles. The Bertz CT molecular complexity index is 844. The quantitative estimate of drug-likeness (QED) is 0.666. The summed E-state index contributed by atoms with van der Waals surface area (Å²) in [5.74, 6) is 0.660. The molecule has 1 saturated heterocycles. The van der Waals surface area contributed by atoms with Gasteiger partial charge in [-0.15, -0.1) is 0 Å². The average Bonchev–Trinajstić information content (AvgIpc) is 3.18. The zero-order chi connectivity index (χ0) is 21.5. The first-order valence-electron chi connectivity index (χ1n) is 11.4. The van der Waals surface area contributed by atoms with Gasteiger partial charge in [0.05, 0.1) is 26.4 Å². The van der Waals surface area contributed by atoms with Gasteiger partial charge in [-0.3, -0.25) is 9.48 Å². The van der Waals surface area contributed by atoms with Gasteiger partial charge in [0.2, 0.25) is 0 Å². The van der Waals surface area contributed by atoms with Crippen LogP contribution in [0.2, 0.25) is 0 Å². The fourth-order valence-corrected chi connectivity index (χ4v) is 4.63. The van der Waals surface area contributed by atoms with E-state index in [1.165, 1.54) is 24.8 Å². The highest BCUT2D eigenvalue weighted by atomic mass is 16.5. The van der Waals surface area contributed by atoms with Gasteiger partial charge < -0.3 is 19.7 Å². The summed E-state index contributed by atoms with van der Waals surface area (Å²) in [5.41, 5.74) is 3.98. The summed E-state index contributed by atoms with van der Waals surface area (Å²) in [6, 6.07) is 10.8. The van der Waals surface area contributed by atoms with Crippen molar-refractivity contribution in [3.63, 3.8) is 0 Å². The minimum atomic E-state index is -0.100. The molecule has 31 heavy (non-hydrogen) atoms. The summed E-state index contributed by atoms with van der Waals surface area (Å²) < 4.78 is 12.7. The van der Waals surface area contributed by atoms with Crippen LogP contribution >= 0.6 is 0 Å². The van der Waals surface area contributed by atoms with Crippen LogP contribution < -0.4 is 5.32 Å². The van der Waals surface area contributed by atoms with Crippen molar-refractivity contribution in [3.05, 3.63) is 52.8 Å². The zero-order valence-corrected chi connectivity index (χ0v) is 18.5. The van der Waals surface area contributed by atoms with Gasteiger partial charge in [0, 0.05) is 37.9 Å². The topological polar surface area (TPSA) is 68.6 Å². The van der Waals surface area contributed by atoms with Gasteiger partial charge in [0.1, 0.15) is 0 Å². The minimum absolute atomic E-state index is 0.100. The van der Waals surface area contributed by atoms with E-state index < -0.39 is 0 Å². The predicted molar refractivity (Wildman–Crippen MR) is 119 cm³/mol. The van der Waals surface area contributed by atoms with E-state index in [1.807, 2.05) is 4.68 Å². The average molecular weight is 427 g/mol. The molecule has 1 N–H and O–H groups in total. The number of benzene rings is 1. The molecule has 1 aromatic heterocycles. The molecule has 168 valence electrons. The second-order valence-electron chi connectivity index (χ2n) is 8.52. The number of amides is 1. The molecule has 0 saturated carbocycles. The van der Waals surface area contributed by atoms with Crippen molar-refractivity contribution in [1.29, 1.82) is 0 Å². The Hall–Kier alpha value is -2.22. The first kappa shape index (κ1) is 22.0. The lowest BCUT2D eigenvalue weighted by atomic mass is 9.90. The Balaban J connectivity index is 1.23. The van der Waals surface area contributed by atoms with Gasteiger partial charge in [-0.2, -0.15) is 5.10 Å². The van der Waals surface area contributed by atoms with E-state index >= 15 is 0 Å². The number of carbonyl (C=O) groups excluding carboxylic acids is 1. The van der Waals surface area contributed by atoms with E-state index in [2.05, 4.69) is 45.6 Å². The van der Waals surface area contributed by atoms with Gasteiger partial charge in [-0.05, 0) is 43.8 Å². The number of nitrogens with one attached hydrogen (secondary N) is 1. The van der Waals surface area contributed by atoms with Gasteiger partial charge in [-0.25, -0.2) is 0 Å². The van der Waals surface area contributed by atoms with Crippen LogP contribution in [0.4, 0.5) is 0 Å². The smallest absolute Gasteiger partial charge is 0.272 e. The molecule has 2 aromatic rings. The zero-order valence-electron chi connectivity index (χ0n) is 18.5. The maximum absolute atomic E-state index is 12.8. The standard InChI is InChI=1S/C24H34N4O3/c1-30-16-14-28-22-9-15-31-18-21(22)23(26-28)24(29)25-10-13-27-11-7-20(8-12-27)17-19-5-3-2-4-6-19/h2-6,20H,7-18H2,1H3,(H,25,29). The summed E-state index contributed by atoms with van der Waals surface area (Å²) in [5, 5.41) is 7.65. The first-order valence-corrected chi connectivity index (χ1v) is 11.4. The van der Waals surface area contributed by atoms with E-state index in [0.29, 0.717) is 38.6 Å². The third-order valence-corrected chi connectivity index (χ3v) is 6.41. The fraction of sp³-hybridized carbons (Fsp3) is 0.583. The molecular weight excluding hydrogens is 392 g/mol. The Labute approximate surface area is 184 Å².